The summed E-state index contributed by atoms with van der Waals surface area (Å²) < 4.78 is 0. The SMILES string of the molecule is CC(C)CC(N)CNc1nc(-c2ccccc2O)nc2ccc(Cl)cc12. The van der Waals surface area contributed by atoms with Gasteiger partial charge in [0, 0.05) is 23.0 Å². The summed E-state index contributed by atoms with van der Waals surface area (Å²) in [5.41, 5.74) is 7.53. The number of rotatable bonds is 6. The van der Waals surface area contributed by atoms with E-state index < -0.39 is 0 Å². The lowest BCUT2D eigenvalue weighted by atomic mass is 10.0. The van der Waals surface area contributed by atoms with Crippen LogP contribution in [0.3, 0.4) is 0 Å². The molecule has 1 unspecified atom stereocenters. The highest BCUT2D eigenvalue weighted by molar-refractivity contribution is 6.31. The van der Waals surface area contributed by atoms with E-state index >= 15 is 0 Å². The van der Waals surface area contributed by atoms with Crippen LogP contribution >= 0.6 is 11.6 Å². The van der Waals surface area contributed by atoms with Crippen LogP contribution in [0.25, 0.3) is 22.3 Å². The Kier molecular flexibility index (Phi) is 5.59. The molecule has 1 heterocycles. The number of nitrogens with one attached hydrogen (secondary N) is 1. The predicted octanol–water partition coefficient (Wildman–Crippen LogP) is 4.44. The Morgan fingerprint density at radius 2 is 1.92 bits per heavy atom. The Morgan fingerprint density at radius 1 is 1.15 bits per heavy atom. The van der Waals surface area contributed by atoms with E-state index in [0.29, 0.717) is 34.7 Å². The molecule has 136 valence electrons. The summed E-state index contributed by atoms with van der Waals surface area (Å²) in [6.45, 7) is 4.89. The third kappa shape index (κ3) is 4.23. The third-order valence-electron chi connectivity index (χ3n) is 4.11. The van der Waals surface area contributed by atoms with Gasteiger partial charge in [0.15, 0.2) is 5.82 Å². The largest absolute Gasteiger partial charge is 0.507 e. The fourth-order valence-electron chi connectivity index (χ4n) is 2.94. The van der Waals surface area contributed by atoms with Crippen LogP contribution in [0.5, 0.6) is 5.75 Å². The number of anilines is 1. The van der Waals surface area contributed by atoms with Crippen LogP contribution in [0.2, 0.25) is 5.02 Å². The maximum Gasteiger partial charge on any atom is 0.165 e. The van der Waals surface area contributed by atoms with Crippen LogP contribution in [0, 0.1) is 5.92 Å². The number of halogens is 1. The maximum atomic E-state index is 10.1. The second-order valence-electron chi connectivity index (χ2n) is 6.84. The van der Waals surface area contributed by atoms with Crippen LogP contribution in [0.4, 0.5) is 5.82 Å². The molecule has 0 bridgehead atoms. The lowest BCUT2D eigenvalue weighted by molar-refractivity contribution is 0.477. The van der Waals surface area contributed by atoms with Gasteiger partial charge in [0.2, 0.25) is 0 Å². The number of phenolic OH excluding ortho intramolecular Hbond substituents is 1. The summed E-state index contributed by atoms with van der Waals surface area (Å²) in [4.78, 5) is 9.21. The zero-order chi connectivity index (χ0) is 18.7. The molecular weight excluding hydrogens is 348 g/mol. The molecular formula is C20H23ClN4O. The van der Waals surface area contributed by atoms with E-state index in [1.165, 1.54) is 0 Å². The van der Waals surface area contributed by atoms with Crippen LogP contribution in [-0.2, 0) is 0 Å². The molecule has 3 rings (SSSR count). The average molecular weight is 371 g/mol. The minimum Gasteiger partial charge on any atom is -0.507 e. The number of nitrogens with zero attached hydrogens (tertiary/aromatic N) is 2. The number of aromatic nitrogens is 2. The normalized spacial score (nSPS) is 12.5. The fraction of sp³-hybridized carbons (Fsp3) is 0.300. The van der Waals surface area contributed by atoms with Gasteiger partial charge in [-0.2, -0.15) is 0 Å². The predicted molar refractivity (Wildman–Crippen MR) is 108 cm³/mol. The highest BCUT2D eigenvalue weighted by atomic mass is 35.5. The van der Waals surface area contributed by atoms with Crippen LogP contribution in [-0.4, -0.2) is 27.7 Å². The van der Waals surface area contributed by atoms with Gasteiger partial charge in [-0.25, -0.2) is 9.97 Å². The topological polar surface area (TPSA) is 84.1 Å². The second-order valence-corrected chi connectivity index (χ2v) is 7.28. The first-order chi connectivity index (χ1) is 12.4. The number of hydrogen-bond acceptors (Lipinski definition) is 5. The van der Waals surface area contributed by atoms with Crippen LogP contribution in [0.1, 0.15) is 20.3 Å². The van der Waals surface area contributed by atoms with Gasteiger partial charge < -0.3 is 16.2 Å². The van der Waals surface area contributed by atoms with E-state index in [2.05, 4.69) is 29.1 Å². The first kappa shape index (κ1) is 18.4. The van der Waals surface area contributed by atoms with Crippen molar-refractivity contribution in [2.24, 2.45) is 11.7 Å². The zero-order valence-corrected chi connectivity index (χ0v) is 15.7. The summed E-state index contributed by atoms with van der Waals surface area (Å²) in [6.07, 6.45) is 0.920. The Bertz CT molecular complexity index is 913. The molecule has 0 amide bonds. The van der Waals surface area contributed by atoms with Gasteiger partial charge in [-0.05, 0) is 42.7 Å². The van der Waals surface area contributed by atoms with E-state index in [0.717, 1.165) is 17.3 Å². The van der Waals surface area contributed by atoms with E-state index in [-0.39, 0.29) is 11.8 Å². The molecule has 1 atom stereocenters. The van der Waals surface area contributed by atoms with Crippen molar-refractivity contribution in [3.05, 3.63) is 47.5 Å². The molecule has 0 radical (unpaired) electrons. The monoisotopic (exact) mass is 370 g/mol. The molecule has 26 heavy (non-hydrogen) atoms. The molecule has 0 fully saturated rings. The molecule has 5 nitrogen and oxygen atoms in total. The average Bonchev–Trinajstić information content (AvgIpc) is 2.59. The van der Waals surface area contributed by atoms with E-state index in [1.54, 1.807) is 24.3 Å². The maximum absolute atomic E-state index is 10.1. The van der Waals surface area contributed by atoms with Gasteiger partial charge in [0.1, 0.15) is 11.6 Å². The third-order valence-corrected chi connectivity index (χ3v) is 4.34. The first-order valence-corrected chi connectivity index (χ1v) is 9.07. The minimum absolute atomic E-state index is 0.0211. The van der Waals surface area contributed by atoms with Gasteiger partial charge in [0.05, 0.1) is 11.1 Å². The quantitative estimate of drug-likeness (QED) is 0.597. The Morgan fingerprint density at radius 3 is 2.65 bits per heavy atom. The van der Waals surface area contributed by atoms with Gasteiger partial charge in [-0.15, -0.1) is 0 Å². The lowest BCUT2D eigenvalue weighted by Gasteiger charge is -2.17. The summed E-state index contributed by atoms with van der Waals surface area (Å²) in [5.74, 6) is 1.79. The van der Waals surface area contributed by atoms with Gasteiger partial charge in [-0.3, -0.25) is 0 Å². The van der Waals surface area contributed by atoms with Gasteiger partial charge in [0.25, 0.3) is 0 Å². The Hall–Kier alpha value is -2.37. The summed E-state index contributed by atoms with van der Waals surface area (Å²) in [5, 5.41) is 14.9. The molecule has 0 saturated heterocycles. The summed E-state index contributed by atoms with van der Waals surface area (Å²) in [6, 6.07) is 12.5. The number of para-hydroxylation sites is 1. The van der Waals surface area contributed by atoms with Crippen molar-refractivity contribution in [2.45, 2.75) is 26.3 Å². The molecule has 0 aliphatic heterocycles. The number of phenols is 1. The molecule has 0 aliphatic carbocycles. The van der Waals surface area contributed by atoms with Crippen LogP contribution < -0.4 is 11.1 Å². The highest BCUT2D eigenvalue weighted by Gasteiger charge is 2.14. The summed E-state index contributed by atoms with van der Waals surface area (Å²) in [7, 11) is 0. The smallest absolute Gasteiger partial charge is 0.165 e. The van der Waals surface area contributed by atoms with E-state index in [4.69, 9.17) is 17.3 Å². The number of nitrogens with two attached hydrogens (primary N) is 1. The molecule has 0 aliphatic rings. The standard InChI is InChI=1S/C20H23ClN4O/c1-12(2)9-14(22)11-23-19-16-10-13(21)7-8-17(16)24-20(25-19)15-5-3-4-6-18(15)26/h3-8,10,12,14,26H,9,11,22H2,1-2H3,(H,23,24,25). The molecule has 2 aromatic carbocycles. The van der Waals surface area contributed by atoms with Gasteiger partial charge in [-0.1, -0.05) is 37.6 Å². The van der Waals surface area contributed by atoms with Crippen LogP contribution in [0.15, 0.2) is 42.5 Å². The molecule has 6 heteroatoms. The molecule has 3 aromatic rings. The zero-order valence-electron chi connectivity index (χ0n) is 14.9. The van der Waals surface area contributed by atoms with E-state index in [9.17, 15) is 5.11 Å². The van der Waals surface area contributed by atoms with Crippen molar-refractivity contribution in [1.29, 1.82) is 0 Å². The fourth-order valence-corrected chi connectivity index (χ4v) is 3.11. The lowest BCUT2D eigenvalue weighted by Crippen LogP contribution is -2.30. The Balaban J connectivity index is 2.01. The van der Waals surface area contributed by atoms with Crippen molar-refractivity contribution < 1.29 is 5.11 Å². The van der Waals surface area contributed by atoms with Crippen molar-refractivity contribution in [1.82, 2.24) is 9.97 Å². The van der Waals surface area contributed by atoms with Gasteiger partial charge >= 0.3 is 0 Å². The van der Waals surface area contributed by atoms with Crippen molar-refractivity contribution in [3.63, 3.8) is 0 Å². The highest BCUT2D eigenvalue weighted by Crippen LogP contribution is 2.31. The molecule has 4 N–H and O–H groups in total. The number of hydrogen-bond donors (Lipinski definition) is 3. The first-order valence-electron chi connectivity index (χ1n) is 8.69. The van der Waals surface area contributed by atoms with Crippen molar-refractivity contribution >= 4 is 28.3 Å². The number of aromatic hydroxyl groups is 1. The Labute approximate surface area is 158 Å². The number of fused-ring (bicyclic) bond motifs is 1. The second kappa shape index (κ2) is 7.89. The minimum atomic E-state index is 0.0211. The molecule has 1 aromatic heterocycles. The summed E-state index contributed by atoms with van der Waals surface area (Å²) >= 11 is 6.16. The molecule has 0 saturated carbocycles. The molecule has 0 spiro atoms. The van der Waals surface area contributed by atoms with E-state index in [1.807, 2.05) is 18.2 Å². The van der Waals surface area contributed by atoms with Crippen molar-refractivity contribution in [2.75, 3.05) is 11.9 Å². The number of benzene rings is 2. The van der Waals surface area contributed by atoms with Crippen molar-refractivity contribution in [3.8, 4) is 17.1 Å².